The summed E-state index contributed by atoms with van der Waals surface area (Å²) in [4.78, 5) is 18.9. The molecule has 0 aliphatic rings. The Morgan fingerprint density at radius 3 is 2.79 bits per heavy atom. The van der Waals surface area contributed by atoms with Crippen molar-refractivity contribution in [3.8, 4) is 5.82 Å². The topological polar surface area (TPSA) is 78.8 Å². The standard InChI is InChI=1S/C12H11N5O2/c1-8-14-11(17(18)19)12(15(8)2)16-7-13-9-5-3-4-6-10(9)16/h3-7H,1-2H3. The monoisotopic (exact) mass is 257 g/mol. The van der Waals surface area contributed by atoms with Crippen LogP contribution in [0.15, 0.2) is 30.6 Å². The van der Waals surface area contributed by atoms with Gasteiger partial charge in [-0.1, -0.05) is 12.1 Å². The largest absolute Gasteiger partial charge is 0.407 e. The highest BCUT2D eigenvalue weighted by Crippen LogP contribution is 2.26. The van der Waals surface area contributed by atoms with Gasteiger partial charge in [0.25, 0.3) is 0 Å². The number of benzene rings is 1. The van der Waals surface area contributed by atoms with Gasteiger partial charge in [-0.25, -0.2) is 4.98 Å². The average Bonchev–Trinajstić information content (AvgIpc) is 2.92. The maximum atomic E-state index is 11.1. The third-order valence-corrected chi connectivity index (χ3v) is 3.13. The summed E-state index contributed by atoms with van der Waals surface area (Å²) in [5.74, 6) is 0.832. The number of nitro groups is 1. The Morgan fingerprint density at radius 1 is 1.32 bits per heavy atom. The first kappa shape index (κ1) is 11.4. The molecule has 0 bridgehead atoms. The fourth-order valence-electron chi connectivity index (χ4n) is 2.10. The quantitative estimate of drug-likeness (QED) is 0.519. The van der Waals surface area contributed by atoms with Crippen molar-refractivity contribution in [1.82, 2.24) is 19.1 Å². The molecule has 2 heterocycles. The number of rotatable bonds is 2. The molecule has 0 N–H and O–H groups in total. The smallest absolute Gasteiger partial charge is 0.358 e. The Balaban J connectivity index is 2.36. The molecule has 0 aliphatic carbocycles. The van der Waals surface area contributed by atoms with Gasteiger partial charge in [0.1, 0.15) is 6.33 Å². The molecule has 0 amide bonds. The number of imidazole rings is 2. The number of para-hydroxylation sites is 2. The molecule has 7 nitrogen and oxygen atoms in total. The van der Waals surface area contributed by atoms with Crippen LogP contribution in [0.3, 0.4) is 0 Å². The van der Waals surface area contributed by atoms with E-state index < -0.39 is 4.92 Å². The summed E-state index contributed by atoms with van der Waals surface area (Å²) in [6, 6.07) is 7.48. The Labute approximate surface area is 108 Å². The first-order valence-corrected chi connectivity index (χ1v) is 5.69. The van der Waals surface area contributed by atoms with Crippen molar-refractivity contribution in [2.45, 2.75) is 6.92 Å². The van der Waals surface area contributed by atoms with Gasteiger partial charge in [0, 0.05) is 14.0 Å². The lowest BCUT2D eigenvalue weighted by atomic mass is 10.3. The molecule has 0 atom stereocenters. The zero-order valence-electron chi connectivity index (χ0n) is 10.4. The minimum atomic E-state index is -0.475. The summed E-state index contributed by atoms with van der Waals surface area (Å²) in [5.41, 5.74) is 1.60. The van der Waals surface area contributed by atoms with Crippen molar-refractivity contribution in [3.63, 3.8) is 0 Å². The van der Waals surface area contributed by atoms with E-state index in [9.17, 15) is 10.1 Å². The third-order valence-electron chi connectivity index (χ3n) is 3.13. The fraction of sp³-hybridized carbons (Fsp3) is 0.167. The van der Waals surface area contributed by atoms with E-state index in [1.54, 1.807) is 29.4 Å². The fourth-order valence-corrected chi connectivity index (χ4v) is 2.10. The van der Waals surface area contributed by atoms with Crippen LogP contribution in [0, 0.1) is 17.0 Å². The van der Waals surface area contributed by atoms with Crippen LogP contribution in [0.1, 0.15) is 5.82 Å². The highest BCUT2D eigenvalue weighted by Gasteiger charge is 2.26. The predicted molar refractivity (Wildman–Crippen MR) is 69.2 cm³/mol. The summed E-state index contributed by atoms with van der Waals surface area (Å²) in [6.45, 7) is 1.73. The molecule has 19 heavy (non-hydrogen) atoms. The second-order valence-electron chi connectivity index (χ2n) is 4.23. The Bertz CT molecular complexity index is 787. The Morgan fingerprint density at radius 2 is 2.05 bits per heavy atom. The molecule has 96 valence electrons. The molecule has 0 aliphatic heterocycles. The van der Waals surface area contributed by atoms with Crippen molar-refractivity contribution in [3.05, 3.63) is 46.5 Å². The Hall–Kier alpha value is -2.70. The lowest BCUT2D eigenvalue weighted by molar-refractivity contribution is -0.389. The van der Waals surface area contributed by atoms with Crippen LogP contribution in [0.25, 0.3) is 16.9 Å². The van der Waals surface area contributed by atoms with Crippen LogP contribution in [0.4, 0.5) is 5.82 Å². The van der Waals surface area contributed by atoms with E-state index in [1.807, 2.05) is 24.3 Å². The number of hydrogen-bond donors (Lipinski definition) is 0. The minimum Gasteiger partial charge on any atom is -0.358 e. The Kier molecular flexibility index (Phi) is 2.34. The first-order valence-electron chi connectivity index (χ1n) is 5.69. The van der Waals surface area contributed by atoms with Gasteiger partial charge in [-0.15, -0.1) is 0 Å². The molecule has 1 aromatic carbocycles. The van der Waals surface area contributed by atoms with E-state index in [0.717, 1.165) is 11.0 Å². The maximum absolute atomic E-state index is 11.1. The number of hydrogen-bond acceptors (Lipinski definition) is 4. The number of aryl methyl sites for hydroxylation is 1. The van der Waals surface area contributed by atoms with Gasteiger partial charge in [-0.05, 0) is 22.0 Å². The maximum Gasteiger partial charge on any atom is 0.407 e. The zero-order valence-corrected chi connectivity index (χ0v) is 10.4. The van der Waals surface area contributed by atoms with Crippen LogP contribution in [0.2, 0.25) is 0 Å². The van der Waals surface area contributed by atoms with Crippen LogP contribution in [-0.2, 0) is 7.05 Å². The molecule has 0 spiro atoms. The van der Waals surface area contributed by atoms with Gasteiger partial charge in [0.15, 0.2) is 0 Å². The number of fused-ring (bicyclic) bond motifs is 1. The van der Waals surface area contributed by atoms with Gasteiger partial charge in [0.2, 0.25) is 11.6 Å². The summed E-state index contributed by atoms with van der Waals surface area (Å²) < 4.78 is 3.37. The average molecular weight is 257 g/mol. The number of aromatic nitrogens is 4. The van der Waals surface area contributed by atoms with Crippen molar-refractivity contribution in [2.24, 2.45) is 7.05 Å². The van der Waals surface area contributed by atoms with Crippen LogP contribution >= 0.6 is 0 Å². The van der Waals surface area contributed by atoms with Crippen LogP contribution in [0.5, 0.6) is 0 Å². The summed E-state index contributed by atoms with van der Waals surface area (Å²) in [6.07, 6.45) is 1.58. The normalized spacial score (nSPS) is 11.1. The molecular weight excluding hydrogens is 246 g/mol. The molecular formula is C12H11N5O2. The van der Waals surface area contributed by atoms with E-state index in [1.165, 1.54) is 0 Å². The highest BCUT2D eigenvalue weighted by atomic mass is 16.6. The second kappa shape index (κ2) is 3.91. The van der Waals surface area contributed by atoms with Crippen LogP contribution < -0.4 is 0 Å². The molecule has 7 heteroatoms. The third kappa shape index (κ3) is 1.59. The highest BCUT2D eigenvalue weighted by molar-refractivity contribution is 5.77. The molecule has 3 aromatic rings. The van der Waals surface area contributed by atoms with Crippen molar-refractivity contribution < 1.29 is 4.92 Å². The number of nitrogens with zero attached hydrogens (tertiary/aromatic N) is 5. The lowest BCUT2D eigenvalue weighted by Crippen LogP contribution is -2.04. The predicted octanol–water partition coefficient (Wildman–Crippen LogP) is 1.98. The molecule has 0 radical (unpaired) electrons. The van der Waals surface area contributed by atoms with Crippen LogP contribution in [-0.4, -0.2) is 24.0 Å². The minimum absolute atomic E-state index is 0.164. The van der Waals surface area contributed by atoms with Gasteiger partial charge in [-0.3, -0.25) is 9.13 Å². The van der Waals surface area contributed by atoms with Crippen molar-refractivity contribution in [1.29, 1.82) is 0 Å². The summed E-state index contributed by atoms with van der Waals surface area (Å²) >= 11 is 0. The van der Waals surface area contributed by atoms with E-state index in [0.29, 0.717) is 11.6 Å². The SMILES string of the molecule is Cc1nc([N+](=O)[O-])c(-n2cnc3ccccc32)n1C. The zero-order chi connectivity index (χ0) is 13.6. The summed E-state index contributed by atoms with van der Waals surface area (Å²) in [5, 5.41) is 11.1. The van der Waals surface area contributed by atoms with E-state index in [4.69, 9.17) is 0 Å². The molecule has 0 saturated carbocycles. The molecule has 3 rings (SSSR count). The van der Waals surface area contributed by atoms with Gasteiger partial charge >= 0.3 is 5.82 Å². The lowest BCUT2D eigenvalue weighted by Gasteiger charge is -2.04. The molecule has 0 unspecified atom stereocenters. The first-order chi connectivity index (χ1) is 9.09. The molecule has 0 saturated heterocycles. The van der Waals surface area contributed by atoms with Crippen molar-refractivity contribution in [2.75, 3.05) is 0 Å². The van der Waals surface area contributed by atoms with Gasteiger partial charge in [0.05, 0.1) is 11.0 Å². The summed E-state index contributed by atoms with van der Waals surface area (Å²) in [7, 11) is 1.75. The molecule has 0 fully saturated rings. The van der Waals surface area contributed by atoms with E-state index >= 15 is 0 Å². The van der Waals surface area contributed by atoms with E-state index in [2.05, 4.69) is 9.97 Å². The molecule has 2 aromatic heterocycles. The van der Waals surface area contributed by atoms with Gasteiger partial charge in [-0.2, -0.15) is 0 Å². The van der Waals surface area contributed by atoms with Gasteiger partial charge < -0.3 is 10.1 Å². The second-order valence-corrected chi connectivity index (χ2v) is 4.23. The van der Waals surface area contributed by atoms with E-state index in [-0.39, 0.29) is 5.82 Å². The van der Waals surface area contributed by atoms with Crippen molar-refractivity contribution >= 4 is 16.9 Å².